The highest BCUT2D eigenvalue weighted by molar-refractivity contribution is 7.71. The number of hydrogen-bond donors (Lipinski definition) is 1. The smallest absolute Gasteiger partial charge is 0.103 e. The maximum absolute atomic E-state index is 5.37. The maximum atomic E-state index is 5.37. The van der Waals surface area contributed by atoms with Crippen LogP contribution < -0.4 is 0 Å². The van der Waals surface area contributed by atoms with Crippen LogP contribution in [0, 0.1) is 11.6 Å². The van der Waals surface area contributed by atoms with Crippen molar-refractivity contribution in [2.24, 2.45) is 0 Å². The SMILES string of the molecule is Cc1ccccc1-c1ccc(C2=CCC(c3cccnc3)C=C2)n1Cc1cccc(=S)[nH]1. The summed E-state index contributed by atoms with van der Waals surface area (Å²) in [5, 5.41) is 0. The molecular weight excluding hydrogens is 410 g/mol. The number of aromatic amines is 1. The zero-order valence-corrected chi connectivity index (χ0v) is 18.8. The molecule has 0 saturated carbocycles. The molecule has 158 valence electrons. The van der Waals surface area contributed by atoms with Gasteiger partial charge in [-0.3, -0.25) is 4.98 Å². The van der Waals surface area contributed by atoms with Crippen molar-refractivity contribution in [2.45, 2.75) is 25.8 Å². The molecule has 0 spiro atoms. The predicted octanol–water partition coefficient (Wildman–Crippen LogP) is 7.09. The molecule has 5 rings (SSSR count). The van der Waals surface area contributed by atoms with E-state index in [1.807, 2.05) is 30.6 Å². The third kappa shape index (κ3) is 4.14. The Balaban J connectivity index is 1.54. The van der Waals surface area contributed by atoms with Crippen molar-refractivity contribution >= 4 is 17.8 Å². The van der Waals surface area contributed by atoms with Crippen molar-refractivity contribution < 1.29 is 0 Å². The standard InChI is InChI=1S/C28H25N3S/c1-20-6-2-3-9-25(20)27-16-15-26(31(27)19-24-8-4-10-28(32)30-24)22-13-11-21(12-14-22)23-7-5-17-29-18-23/h2-11,13-18,21H,12,19H2,1H3,(H,30,32). The third-order valence-corrected chi connectivity index (χ3v) is 6.31. The molecule has 1 unspecified atom stereocenters. The van der Waals surface area contributed by atoms with Crippen LogP contribution in [-0.2, 0) is 6.54 Å². The molecule has 32 heavy (non-hydrogen) atoms. The average Bonchev–Trinajstić information content (AvgIpc) is 3.23. The fourth-order valence-electron chi connectivity index (χ4n) is 4.39. The van der Waals surface area contributed by atoms with Crippen LogP contribution in [0.1, 0.15) is 34.9 Å². The van der Waals surface area contributed by atoms with E-state index in [0.717, 1.165) is 23.3 Å². The van der Waals surface area contributed by atoms with E-state index in [1.165, 1.54) is 33.7 Å². The number of nitrogens with one attached hydrogen (secondary N) is 1. The Morgan fingerprint density at radius 1 is 1.00 bits per heavy atom. The Bertz CT molecular complexity index is 1360. The summed E-state index contributed by atoms with van der Waals surface area (Å²) in [4.78, 5) is 7.63. The van der Waals surface area contributed by atoms with E-state index in [1.54, 1.807) is 0 Å². The lowest BCUT2D eigenvalue weighted by atomic mass is 9.90. The van der Waals surface area contributed by atoms with E-state index < -0.39 is 0 Å². The zero-order valence-electron chi connectivity index (χ0n) is 18.0. The van der Waals surface area contributed by atoms with Crippen molar-refractivity contribution in [3.63, 3.8) is 0 Å². The molecule has 3 heterocycles. The van der Waals surface area contributed by atoms with E-state index >= 15 is 0 Å². The van der Waals surface area contributed by atoms with Crippen LogP contribution in [0.25, 0.3) is 16.8 Å². The topological polar surface area (TPSA) is 33.6 Å². The Kier molecular flexibility index (Phi) is 5.70. The van der Waals surface area contributed by atoms with Crippen LogP contribution in [0.2, 0.25) is 0 Å². The van der Waals surface area contributed by atoms with Gasteiger partial charge in [0.1, 0.15) is 4.64 Å². The van der Waals surface area contributed by atoms with Crippen LogP contribution >= 0.6 is 12.2 Å². The summed E-state index contributed by atoms with van der Waals surface area (Å²) < 4.78 is 3.15. The lowest BCUT2D eigenvalue weighted by Gasteiger charge is -2.19. The number of H-pyrrole nitrogens is 1. The van der Waals surface area contributed by atoms with Crippen molar-refractivity contribution in [3.8, 4) is 11.3 Å². The maximum Gasteiger partial charge on any atom is 0.103 e. The van der Waals surface area contributed by atoms with E-state index in [9.17, 15) is 0 Å². The van der Waals surface area contributed by atoms with Gasteiger partial charge in [0.25, 0.3) is 0 Å². The van der Waals surface area contributed by atoms with Gasteiger partial charge in [0.15, 0.2) is 0 Å². The van der Waals surface area contributed by atoms with Gasteiger partial charge in [0.05, 0.1) is 6.54 Å². The monoisotopic (exact) mass is 435 g/mol. The van der Waals surface area contributed by atoms with Crippen LogP contribution in [0.15, 0.2) is 97.4 Å². The molecule has 1 aliphatic rings. The number of hydrogen-bond acceptors (Lipinski definition) is 2. The quantitative estimate of drug-likeness (QED) is 0.339. The van der Waals surface area contributed by atoms with Crippen molar-refractivity contribution in [1.29, 1.82) is 0 Å². The molecule has 4 heteroatoms. The fourth-order valence-corrected chi connectivity index (χ4v) is 4.60. The van der Waals surface area contributed by atoms with E-state index in [0.29, 0.717) is 5.92 Å². The van der Waals surface area contributed by atoms with Gasteiger partial charge in [-0.25, -0.2) is 0 Å². The number of pyridine rings is 2. The molecular formula is C28H25N3S. The molecule has 0 aliphatic heterocycles. The normalized spacial score (nSPS) is 15.5. The third-order valence-electron chi connectivity index (χ3n) is 6.07. The highest BCUT2D eigenvalue weighted by Crippen LogP contribution is 2.34. The number of aromatic nitrogens is 3. The van der Waals surface area contributed by atoms with Crippen molar-refractivity contribution in [1.82, 2.24) is 14.5 Å². The van der Waals surface area contributed by atoms with Gasteiger partial charge >= 0.3 is 0 Å². The second-order valence-electron chi connectivity index (χ2n) is 8.19. The summed E-state index contributed by atoms with van der Waals surface area (Å²) >= 11 is 5.37. The average molecular weight is 436 g/mol. The van der Waals surface area contributed by atoms with Gasteiger partial charge in [0, 0.05) is 41.0 Å². The highest BCUT2D eigenvalue weighted by atomic mass is 32.1. The Hall–Kier alpha value is -3.50. The number of benzene rings is 1. The fraction of sp³-hybridized carbons (Fsp3) is 0.143. The Morgan fingerprint density at radius 2 is 1.88 bits per heavy atom. The molecule has 0 amide bonds. The minimum absolute atomic E-state index is 0.372. The first-order chi connectivity index (χ1) is 15.7. The summed E-state index contributed by atoms with van der Waals surface area (Å²) in [6, 6.07) is 23.2. The first-order valence-corrected chi connectivity index (χ1v) is 11.3. The van der Waals surface area contributed by atoms with Gasteiger partial charge in [-0.15, -0.1) is 0 Å². The molecule has 1 aromatic carbocycles. The summed E-state index contributed by atoms with van der Waals surface area (Å²) in [5.41, 5.74) is 8.55. The van der Waals surface area contributed by atoms with E-state index in [4.69, 9.17) is 12.2 Å². The van der Waals surface area contributed by atoms with Crippen molar-refractivity contribution in [3.05, 3.63) is 125 Å². The second-order valence-corrected chi connectivity index (χ2v) is 8.63. The first-order valence-electron chi connectivity index (χ1n) is 10.9. The van der Waals surface area contributed by atoms with Gasteiger partial charge < -0.3 is 9.55 Å². The Morgan fingerprint density at radius 3 is 2.62 bits per heavy atom. The number of rotatable bonds is 5. The minimum Gasteiger partial charge on any atom is -0.348 e. The summed E-state index contributed by atoms with van der Waals surface area (Å²) in [6.07, 6.45) is 11.7. The lowest BCUT2D eigenvalue weighted by Crippen LogP contribution is -2.08. The van der Waals surface area contributed by atoms with Crippen molar-refractivity contribution in [2.75, 3.05) is 0 Å². The molecule has 1 aliphatic carbocycles. The van der Waals surface area contributed by atoms with Crippen LogP contribution in [0.3, 0.4) is 0 Å². The number of aryl methyl sites for hydroxylation is 1. The van der Waals surface area contributed by atoms with Gasteiger partial charge in [0.2, 0.25) is 0 Å². The first kappa shape index (κ1) is 20.4. The molecule has 3 nitrogen and oxygen atoms in total. The Labute approximate surface area is 193 Å². The summed E-state index contributed by atoms with van der Waals surface area (Å²) in [5.74, 6) is 0.372. The highest BCUT2D eigenvalue weighted by Gasteiger charge is 2.17. The molecule has 0 bridgehead atoms. The molecule has 3 aromatic heterocycles. The zero-order chi connectivity index (χ0) is 21.9. The van der Waals surface area contributed by atoms with Gasteiger partial charge in [-0.05, 0) is 60.4 Å². The molecule has 0 radical (unpaired) electrons. The molecule has 0 fully saturated rings. The van der Waals surface area contributed by atoms with Crippen LogP contribution in [0.5, 0.6) is 0 Å². The lowest BCUT2D eigenvalue weighted by molar-refractivity contribution is 0.773. The van der Waals surface area contributed by atoms with E-state index in [-0.39, 0.29) is 0 Å². The largest absolute Gasteiger partial charge is 0.348 e. The van der Waals surface area contributed by atoms with Crippen LogP contribution in [-0.4, -0.2) is 14.5 Å². The minimum atomic E-state index is 0.372. The van der Waals surface area contributed by atoms with Crippen LogP contribution in [0.4, 0.5) is 0 Å². The predicted molar refractivity (Wildman–Crippen MR) is 134 cm³/mol. The van der Waals surface area contributed by atoms with E-state index in [2.05, 4.69) is 88.2 Å². The molecule has 0 saturated heterocycles. The second kappa shape index (κ2) is 8.93. The van der Waals surface area contributed by atoms with Gasteiger partial charge in [-0.1, -0.05) is 66.8 Å². The number of allylic oxidation sites excluding steroid dienone is 4. The van der Waals surface area contributed by atoms with Gasteiger partial charge in [-0.2, -0.15) is 0 Å². The molecule has 4 aromatic rings. The molecule has 1 atom stereocenters. The number of nitrogens with zero attached hydrogens (tertiary/aromatic N) is 2. The summed E-state index contributed by atoms with van der Waals surface area (Å²) in [7, 11) is 0. The summed E-state index contributed by atoms with van der Waals surface area (Å²) in [6.45, 7) is 2.90. The molecule has 1 N–H and O–H groups in total.